The van der Waals surface area contributed by atoms with Crippen molar-refractivity contribution in [2.24, 2.45) is 5.73 Å². The lowest BCUT2D eigenvalue weighted by atomic mass is 9.91. The Hall–Kier alpha value is -0.470. The summed E-state index contributed by atoms with van der Waals surface area (Å²) in [6.07, 6.45) is 1.47. The van der Waals surface area contributed by atoms with E-state index in [9.17, 15) is 0 Å². The normalized spacial score (nSPS) is 14.8. The summed E-state index contributed by atoms with van der Waals surface area (Å²) >= 11 is 0. The van der Waals surface area contributed by atoms with Crippen LogP contribution >= 0.6 is 24.0 Å². The van der Waals surface area contributed by atoms with Crippen molar-refractivity contribution in [2.45, 2.75) is 17.9 Å². The van der Waals surface area contributed by atoms with E-state index in [4.69, 9.17) is 21.1 Å². The van der Waals surface area contributed by atoms with Crippen molar-refractivity contribution < 1.29 is 15.3 Å². The van der Waals surface area contributed by atoms with E-state index in [1.165, 1.54) is 6.08 Å². The number of rotatable bonds is 4. The number of hydrogen-bond acceptors (Lipinski definition) is 4. The van der Waals surface area contributed by atoms with Gasteiger partial charge in [0.05, 0.1) is 6.04 Å². The highest BCUT2D eigenvalue weighted by Crippen LogP contribution is 2.23. The summed E-state index contributed by atoms with van der Waals surface area (Å²) in [6, 6.07) is 7.74. The Morgan fingerprint density at radius 1 is 1.19 bits per heavy atom. The van der Waals surface area contributed by atoms with Crippen LogP contribution in [0.3, 0.4) is 0 Å². The molecule has 0 bridgehead atoms. The van der Waals surface area contributed by atoms with Gasteiger partial charge in [-0.1, -0.05) is 36.4 Å². The predicted octanol–water partition coefficient (Wildman–Crippen LogP) is 0.532. The Kier molecular flexibility index (Phi) is 6.13. The summed E-state index contributed by atoms with van der Waals surface area (Å²) in [7, 11) is 0. The van der Waals surface area contributed by atoms with E-state index in [0.717, 1.165) is 5.56 Å². The van der Waals surface area contributed by atoms with Gasteiger partial charge in [0, 0.05) is 5.92 Å². The maximum absolute atomic E-state index is 8.99. The highest BCUT2D eigenvalue weighted by atomic mass is 127. The molecule has 0 aliphatic heterocycles. The summed E-state index contributed by atoms with van der Waals surface area (Å²) in [4.78, 5) is 0. The molecule has 90 valence electrons. The molecule has 0 heterocycles. The van der Waals surface area contributed by atoms with Gasteiger partial charge < -0.3 is 21.1 Å². The molecule has 5 heteroatoms. The van der Waals surface area contributed by atoms with Crippen molar-refractivity contribution in [2.75, 3.05) is 0 Å². The molecule has 16 heavy (non-hydrogen) atoms. The first kappa shape index (κ1) is 15.5. The number of aliphatic hydroxyl groups is 3. The van der Waals surface area contributed by atoms with Gasteiger partial charge in [-0.15, -0.1) is 30.6 Å². The Bertz CT molecular complexity index is 324. The van der Waals surface area contributed by atoms with Gasteiger partial charge in [0.25, 0.3) is 5.97 Å². The van der Waals surface area contributed by atoms with Crippen molar-refractivity contribution >= 4 is 24.0 Å². The molecule has 0 saturated heterocycles. The van der Waals surface area contributed by atoms with Crippen molar-refractivity contribution in [1.82, 2.24) is 0 Å². The van der Waals surface area contributed by atoms with Gasteiger partial charge in [-0.25, -0.2) is 0 Å². The lowest BCUT2D eigenvalue weighted by Gasteiger charge is -2.28. The minimum atomic E-state index is -2.91. The zero-order valence-corrected chi connectivity index (χ0v) is 11.0. The van der Waals surface area contributed by atoms with Gasteiger partial charge in [-0.3, -0.25) is 0 Å². The molecule has 0 radical (unpaired) electrons. The molecule has 0 spiro atoms. The monoisotopic (exact) mass is 337 g/mol. The second-order valence-electron chi connectivity index (χ2n) is 3.39. The van der Waals surface area contributed by atoms with Crippen molar-refractivity contribution in [3.05, 3.63) is 48.6 Å². The molecule has 1 rings (SSSR count). The standard InChI is InChI=1S/C11H15NO3.HI/c1-2-9(10(12)11(13,14)15)8-6-4-3-5-7-8;/h2-7,9-10,13-15H,1,12H2;1H. The highest BCUT2D eigenvalue weighted by molar-refractivity contribution is 14.0. The van der Waals surface area contributed by atoms with Crippen molar-refractivity contribution in [3.63, 3.8) is 0 Å². The molecule has 5 N–H and O–H groups in total. The third-order valence-electron chi connectivity index (χ3n) is 2.27. The number of hydrogen-bond donors (Lipinski definition) is 4. The zero-order chi connectivity index (χ0) is 11.5. The van der Waals surface area contributed by atoms with Crippen LogP contribution in [0.1, 0.15) is 11.5 Å². The lowest BCUT2D eigenvalue weighted by Crippen LogP contribution is -2.51. The first-order chi connectivity index (χ1) is 6.96. The van der Waals surface area contributed by atoms with Gasteiger partial charge in [0.1, 0.15) is 0 Å². The van der Waals surface area contributed by atoms with E-state index in [2.05, 4.69) is 6.58 Å². The van der Waals surface area contributed by atoms with E-state index >= 15 is 0 Å². The molecule has 1 aromatic carbocycles. The molecule has 0 aliphatic rings. The maximum Gasteiger partial charge on any atom is 0.292 e. The molecule has 1 aromatic rings. The fraction of sp³-hybridized carbons (Fsp3) is 0.273. The maximum atomic E-state index is 8.99. The molecule has 0 aliphatic carbocycles. The predicted molar refractivity (Wildman–Crippen MR) is 72.2 cm³/mol. The lowest BCUT2D eigenvalue weighted by molar-refractivity contribution is -0.324. The Morgan fingerprint density at radius 3 is 2.06 bits per heavy atom. The van der Waals surface area contributed by atoms with Crippen LogP contribution in [0.15, 0.2) is 43.0 Å². The first-order valence-corrected chi connectivity index (χ1v) is 4.57. The van der Waals surface area contributed by atoms with Gasteiger partial charge in [0.15, 0.2) is 0 Å². The molecule has 2 unspecified atom stereocenters. The summed E-state index contributed by atoms with van der Waals surface area (Å²) in [5.74, 6) is -3.43. The number of nitrogens with two attached hydrogens (primary N) is 1. The van der Waals surface area contributed by atoms with E-state index in [1.807, 2.05) is 6.07 Å². The van der Waals surface area contributed by atoms with Gasteiger partial charge >= 0.3 is 0 Å². The van der Waals surface area contributed by atoms with Gasteiger partial charge in [-0.05, 0) is 5.56 Å². The van der Waals surface area contributed by atoms with Crippen LogP contribution in [0.4, 0.5) is 0 Å². The van der Waals surface area contributed by atoms with Crippen molar-refractivity contribution in [1.29, 1.82) is 0 Å². The molecule has 2 atom stereocenters. The molecule has 0 fully saturated rings. The van der Waals surface area contributed by atoms with Crippen LogP contribution < -0.4 is 5.73 Å². The van der Waals surface area contributed by atoms with E-state index in [-0.39, 0.29) is 24.0 Å². The van der Waals surface area contributed by atoms with Gasteiger partial charge in [0.2, 0.25) is 0 Å². The summed E-state index contributed by atoms with van der Waals surface area (Å²) in [6.45, 7) is 3.56. The summed E-state index contributed by atoms with van der Waals surface area (Å²) < 4.78 is 0. The summed E-state index contributed by atoms with van der Waals surface area (Å²) in [5.41, 5.74) is 6.28. The second kappa shape index (κ2) is 6.31. The van der Waals surface area contributed by atoms with Crippen LogP contribution in [-0.2, 0) is 0 Å². The largest absolute Gasteiger partial charge is 0.342 e. The fourth-order valence-corrected chi connectivity index (χ4v) is 1.41. The fourth-order valence-electron chi connectivity index (χ4n) is 1.41. The average Bonchev–Trinajstić information content (AvgIpc) is 2.19. The van der Waals surface area contributed by atoms with Crippen LogP contribution in [-0.4, -0.2) is 27.3 Å². The van der Waals surface area contributed by atoms with Crippen LogP contribution in [0.5, 0.6) is 0 Å². The third kappa shape index (κ3) is 3.84. The van der Waals surface area contributed by atoms with Crippen molar-refractivity contribution in [3.8, 4) is 0 Å². The second-order valence-corrected chi connectivity index (χ2v) is 3.39. The Morgan fingerprint density at radius 2 is 1.69 bits per heavy atom. The van der Waals surface area contributed by atoms with Gasteiger partial charge in [-0.2, -0.15) is 0 Å². The molecule has 4 nitrogen and oxygen atoms in total. The zero-order valence-electron chi connectivity index (χ0n) is 8.65. The summed E-state index contributed by atoms with van der Waals surface area (Å²) in [5, 5.41) is 27.0. The average molecular weight is 337 g/mol. The van der Waals surface area contributed by atoms with E-state index in [0.29, 0.717) is 0 Å². The molecule has 0 aromatic heterocycles. The molecular formula is C11H16INO3. The minimum Gasteiger partial charge on any atom is -0.342 e. The Balaban J connectivity index is 0.00000225. The molecular weight excluding hydrogens is 321 g/mol. The van der Waals surface area contributed by atoms with Crippen LogP contribution in [0, 0.1) is 0 Å². The third-order valence-corrected chi connectivity index (χ3v) is 2.27. The highest BCUT2D eigenvalue weighted by Gasteiger charge is 2.34. The first-order valence-electron chi connectivity index (χ1n) is 4.57. The topological polar surface area (TPSA) is 86.7 Å². The molecule has 0 saturated carbocycles. The smallest absolute Gasteiger partial charge is 0.292 e. The SMILES string of the molecule is C=CC(c1ccccc1)C(N)C(O)(O)O.I. The van der Waals surface area contributed by atoms with E-state index in [1.54, 1.807) is 24.3 Å². The quantitative estimate of drug-likeness (QED) is 0.367. The number of halogens is 1. The minimum absolute atomic E-state index is 0. The van der Waals surface area contributed by atoms with E-state index < -0.39 is 17.9 Å². The number of benzene rings is 1. The van der Waals surface area contributed by atoms with Crippen LogP contribution in [0.25, 0.3) is 0 Å². The molecule has 0 amide bonds. The van der Waals surface area contributed by atoms with Crippen LogP contribution in [0.2, 0.25) is 0 Å². The Labute approximate surface area is 111 Å².